The lowest BCUT2D eigenvalue weighted by Crippen LogP contribution is -2.21. The van der Waals surface area contributed by atoms with Gasteiger partial charge in [0.25, 0.3) is 0 Å². The first-order chi connectivity index (χ1) is 11.7. The minimum absolute atomic E-state index is 0.229. The Morgan fingerprint density at radius 2 is 1.58 bits per heavy atom. The van der Waals surface area contributed by atoms with Crippen LogP contribution < -0.4 is 4.90 Å². The molecule has 126 valence electrons. The maximum absolute atomic E-state index is 13.2. The number of nitrogens with zero attached hydrogens (tertiary/aromatic N) is 1. The van der Waals surface area contributed by atoms with Gasteiger partial charge in [-0.15, -0.1) is 11.8 Å². The monoisotopic (exact) mass is 343 g/mol. The number of anilines is 1. The Labute approximate surface area is 147 Å². The fraction of sp³-hybridized carbons (Fsp3) is 0.300. The average Bonchev–Trinajstić information content (AvgIpc) is 2.64. The fourth-order valence-corrected chi connectivity index (χ4v) is 3.84. The van der Waals surface area contributed by atoms with E-state index in [0.717, 1.165) is 40.6 Å². The van der Waals surface area contributed by atoms with Gasteiger partial charge in [0, 0.05) is 30.1 Å². The molecule has 0 atom stereocenters. The largest absolute Gasteiger partial charge is 0.491 e. The number of benzene rings is 2. The summed E-state index contributed by atoms with van der Waals surface area (Å²) < 4.78 is 19.1. The molecule has 0 amide bonds. The molecule has 1 aliphatic rings. The molecule has 0 unspecified atom stereocenters. The van der Waals surface area contributed by atoms with Crippen LogP contribution in [-0.2, 0) is 4.74 Å². The predicted molar refractivity (Wildman–Crippen MR) is 102 cm³/mol. The zero-order valence-corrected chi connectivity index (χ0v) is 14.9. The van der Waals surface area contributed by atoms with Crippen molar-refractivity contribution in [3.63, 3.8) is 0 Å². The highest BCUT2D eigenvalue weighted by molar-refractivity contribution is 8.08. The summed E-state index contributed by atoms with van der Waals surface area (Å²) in [6.45, 7) is 7.00. The Hall–Kier alpha value is -1.94. The second-order valence-electron chi connectivity index (χ2n) is 5.58. The van der Waals surface area contributed by atoms with Gasteiger partial charge in [-0.05, 0) is 55.8 Å². The molecule has 3 rings (SSSR count). The molecule has 24 heavy (non-hydrogen) atoms. The van der Waals surface area contributed by atoms with E-state index < -0.39 is 0 Å². The van der Waals surface area contributed by atoms with E-state index in [-0.39, 0.29) is 5.82 Å². The summed E-state index contributed by atoms with van der Waals surface area (Å²) in [6, 6.07) is 15.1. The van der Waals surface area contributed by atoms with Gasteiger partial charge in [-0.3, -0.25) is 0 Å². The zero-order chi connectivity index (χ0) is 16.9. The summed E-state index contributed by atoms with van der Waals surface area (Å²) >= 11 is 1.80. The molecule has 0 aromatic heterocycles. The third kappa shape index (κ3) is 3.59. The van der Waals surface area contributed by atoms with Crippen molar-refractivity contribution >= 4 is 28.1 Å². The number of ether oxygens (including phenoxy) is 1. The van der Waals surface area contributed by atoms with Crippen LogP contribution in [0.2, 0.25) is 0 Å². The van der Waals surface area contributed by atoms with Crippen LogP contribution in [-0.4, -0.2) is 25.4 Å². The fourth-order valence-electron chi connectivity index (χ4n) is 2.86. The molecule has 2 aromatic carbocycles. The molecular weight excluding hydrogens is 321 g/mol. The molecule has 0 radical (unpaired) electrons. The summed E-state index contributed by atoms with van der Waals surface area (Å²) in [6.07, 6.45) is 0. The standard InChI is InChI=1S/C20H22FNOS/c1-3-22(4-2)18-11-7-16(8-12-18)20-19(23-13-14-24-20)15-5-9-17(21)10-6-15/h5-12H,3-4,13-14H2,1-2H3. The Morgan fingerprint density at radius 3 is 2.21 bits per heavy atom. The Kier molecular flexibility index (Phi) is 5.46. The van der Waals surface area contributed by atoms with Crippen LogP contribution >= 0.6 is 11.8 Å². The number of rotatable bonds is 5. The first-order valence-electron chi connectivity index (χ1n) is 8.34. The smallest absolute Gasteiger partial charge is 0.140 e. The van der Waals surface area contributed by atoms with E-state index in [1.165, 1.54) is 17.8 Å². The van der Waals surface area contributed by atoms with Crippen LogP contribution in [0.1, 0.15) is 25.0 Å². The van der Waals surface area contributed by atoms with Crippen LogP contribution in [0.5, 0.6) is 0 Å². The van der Waals surface area contributed by atoms with Crippen molar-refractivity contribution in [1.82, 2.24) is 0 Å². The molecule has 0 saturated carbocycles. The van der Waals surface area contributed by atoms with Gasteiger partial charge in [0.2, 0.25) is 0 Å². The lowest BCUT2D eigenvalue weighted by Gasteiger charge is -2.23. The quantitative estimate of drug-likeness (QED) is 0.734. The van der Waals surface area contributed by atoms with E-state index in [1.54, 1.807) is 23.9 Å². The topological polar surface area (TPSA) is 12.5 Å². The van der Waals surface area contributed by atoms with Gasteiger partial charge in [0.1, 0.15) is 11.6 Å². The first-order valence-corrected chi connectivity index (χ1v) is 9.32. The van der Waals surface area contributed by atoms with Gasteiger partial charge in [-0.25, -0.2) is 4.39 Å². The first kappa shape index (κ1) is 16.9. The molecule has 1 aliphatic heterocycles. The zero-order valence-electron chi connectivity index (χ0n) is 14.1. The van der Waals surface area contributed by atoms with E-state index >= 15 is 0 Å². The predicted octanol–water partition coefficient (Wildman–Crippen LogP) is 5.26. The van der Waals surface area contributed by atoms with Crippen molar-refractivity contribution in [1.29, 1.82) is 0 Å². The molecule has 0 spiro atoms. The van der Waals surface area contributed by atoms with Crippen molar-refractivity contribution < 1.29 is 9.13 Å². The van der Waals surface area contributed by atoms with Gasteiger partial charge < -0.3 is 9.64 Å². The molecular formula is C20H22FNOS. The molecule has 2 aromatic rings. The highest BCUT2D eigenvalue weighted by Crippen LogP contribution is 2.39. The minimum atomic E-state index is -0.229. The molecule has 0 aliphatic carbocycles. The molecule has 0 N–H and O–H groups in total. The van der Waals surface area contributed by atoms with Crippen molar-refractivity contribution in [3.05, 3.63) is 65.5 Å². The normalized spacial score (nSPS) is 14.5. The Bertz CT molecular complexity index is 705. The number of hydrogen-bond acceptors (Lipinski definition) is 3. The van der Waals surface area contributed by atoms with Gasteiger partial charge in [-0.1, -0.05) is 12.1 Å². The van der Waals surface area contributed by atoms with E-state index in [0.29, 0.717) is 6.61 Å². The van der Waals surface area contributed by atoms with Crippen LogP contribution in [0, 0.1) is 5.82 Å². The highest BCUT2D eigenvalue weighted by Gasteiger charge is 2.18. The van der Waals surface area contributed by atoms with Gasteiger partial charge in [0.15, 0.2) is 0 Å². The third-order valence-corrected chi connectivity index (χ3v) is 5.23. The van der Waals surface area contributed by atoms with Gasteiger partial charge in [0.05, 0.1) is 11.5 Å². The van der Waals surface area contributed by atoms with E-state index in [1.807, 2.05) is 0 Å². The SMILES string of the molecule is CCN(CC)c1ccc(C2=C(c3ccc(F)cc3)OCCS2)cc1. The van der Waals surface area contributed by atoms with E-state index in [9.17, 15) is 4.39 Å². The van der Waals surface area contributed by atoms with Crippen LogP contribution in [0.3, 0.4) is 0 Å². The number of hydrogen-bond donors (Lipinski definition) is 0. The molecule has 0 saturated heterocycles. The summed E-state index contributed by atoms with van der Waals surface area (Å²) in [5.41, 5.74) is 3.30. The number of thioether (sulfide) groups is 1. The van der Waals surface area contributed by atoms with Crippen LogP contribution in [0.25, 0.3) is 10.7 Å². The molecule has 2 nitrogen and oxygen atoms in total. The maximum atomic E-state index is 13.2. The Balaban J connectivity index is 1.96. The average molecular weight is 343 g/mol. The summed E-state index contributed by atoms with van der Waals surface area (Å²) in [5, 5.41) is 0. The third-order valence-electron chi connectivity index (χ3n) is 4.15. The van der Waals surface area contributed by atoms with E-state index in [2.05, 4.69) is 43.0 Å². The van der Waals surface area contributed by atoms with Crippen LogP contribution in [0.4, 0.5) is 10.1 Å². The summed E-state index contributed by atoms with van der Waals surface area (Å²) in [7, 11) is 0. The van der Waals surface area contributed by atoms with E-state index in [4.69, 9.17) is 4.74 Å². The van der Waals surface area contributed by atoms with Crippen molar-refractivity contribution in [2.24, 2.45) is 0 Å². The van der Waals surface area contributed by atoms with Gasteiger partial charge >= 0.3 is 0 Å². The summed E-state index contributed by atoms with van der Waals surface area (Å²) in [4.78, 5) is 3.45. The van der Waals surface area contributed by atoms with Gasteiger partial charge in [-0.2, -0.15) is 0 Å². The van der Waals surface area contributed by atoms with Crippen LogP contribution in [0.15, 0.2) is 48.5 Å². The second-order valence-corrected chi connectivity index (χ2v) is 6.69. The lowest BCUT2D eigenvalue weighted by molar-refractivity contribution is 0.301. The molecule has 4 heteroatoms. The maximum Gasteiger partial charge on any atom is 0.140 e. The lowest BCUT2D eigenvalue weighted by atomic mass is 10.1. The Morgan fingerprint density at radius 1 is 0.958 bits per heavy atom. The van der Waals surface area contributed by atoms with Crippen molar-refractivity contribution in [2.75, 3.05) is 30.3 Å². The van der Waals surface area contributed by atoms with Crippen molar-refractivity contribution in [3.8, 4) is 0 Å². The minimum Gasteiger partial charge on any atom is -0.491 e. The molecule has 1 heterocycles. The highest BCUT2D eigenvalue weighted by atomic mass is 32.2. The van der Waals surface area contributed by atoms with Crippen molar-refractivity contribution in [2.45, 2.75) is 13.8 Å². The summed E-state index contributed by atoms with van der Waals surface area (Å²) in [5.74, 6) is 1.55. The number of halogens is 1. The molecule has 0 bridgehead atoms. The second kappa shape index (κ2) is 7.75. The molecule has 0 fully saturated rings.